The number of benzene rings is 1. The third-order valence-electron chi connectivity index (χ3n) is 2.46. The van der Waals surface area contributed by atoms with Crippen molar-refractivity contribution in [2.45, 2.75) is 6.92 Å². The highest BCUT2D eigenvalue weighted by Crippen LogP contribution is 2.21. The van der Waals surface area contributed by atoms with E-state index >= 15 is 0 Å². The fraction of sp³-hybridized carbons (Fsp3) is 0.231. The van der Waals surface area contributed by atoms with Gasteiger partial charge in [0.05, 0.1) is 6.61 Å². The number of fused-ring (bicyclic) bond motifs is 1. The number of esters is 1. The Balaban J connectivity index is 2.40. The highest BCUT2D eigenvalue weighted by atomic mass is 19.1. The van der Waals surface area contributed by atoms with Crippen molar-refractivity contribution in [1.82, 2.24) is 9.78 Å². The summed E-state index contributed by atoms with van der Waals surface area (Å²) in [5.41, 5.74) is 1.02. The van der Waals surface area contributed by atoms with Crippen molar-refractivity contribution >= 4 is 22.9 Å². The summed E-state index contributed by atoms with van der Waals surface area (Å²) in [7, 11) is 1.72. The monoisotopic (exact) mass is 248 g/mol. The summed E-state index contributed by atoms with van der Waals surface area (Å²) < 4.78 is 19.8. The molecule has 1 heterocycles. The topological polar surface area (TPSA) is 44.1 Å². The number of ether oxygens (including phenoxy) is 1. The molecular weight excluding hydrogens is 235 g/mol. The van der Waals surface area contributed by atoms with Gasteiger partial charge in [-0.25, -0.2) is 9.18 Å². The van der Waals surface area contributed by atoms with Crippen LogP contribution in [0.1, 0.15) is 12.5 Å². The molecule has 2 rings (SSSR count). The van der Waals surface area contributed by atoms with Gasteiger partial charge in [0, 0.05) is 24.7 Å². The second-order valence-electron chi connectivity index (χ2n) is 3.79. The molecule has 0 aliphatic carbocycles. The summed E-state index contributed by atoms with van der Waals surface area (Å²) in [5.74, 6) is -0.794. The number of nitrogens with zero attached hydrogens (tertiary/aromatic N) is 2. The minimum absolute atomic E-state index is 0.295. The van der Waals surface area contributed by atoms with Gasteiger partial charge in [0.2, 0.25) is 0 Å². The predicted octanol–water partition coefficient (Wildman–Crippen LogP) is 2.29. The number of carbonyl (C=O) groups is 1. The second-order valence-corrected chi connectivity index (χ2v) is 3.79. The maximum Gasteiger partial charge on any atom is 0.330 e. The predicted molar refractivity (Wildman–Crippen MR) is 66.3 cm³/mol. The maximum absolute atomic E-state index is 13.5. The molecule has 0 amide bonds. The van der Waals surface area contributed by atoms with Crippen LogP contribution in [-0.2, 0) is 16.6 Å². The molecule has 0 unspecified atom stereocenters. The molecule has 1 aromatic carbocycles. The Morgan fingerprint density at radius 1 is 1.56 bits per heavy atom. The number of halogens is 1. The molecule has 0 saturated carbocycles. The van der Waals surface area contributed by atoms with E-state index in [1.165, 1.54) is 16.8 Å². The molecule has 0 bridgehead atoms. The zero-order valence-electron chi connectivity index (χ0n) is 10.2. The van der Waals surface area contributed by atoms with E-state index in [2.05, 4.69) is 5.10 Å². The minimum atomic E-state index is -0.418. The van der Waals surface area contributed by atoms with Crippen LogP contribution in [0.5, 0.6) is 0 Å². The van der Waals surface area contributed by atoms with Gasteiger partial charge in [-0.1, -0.05) is 6.07 Å². The Morgan fingerprint density at radius 3 is 3.06 bits per heavy atom. The first-order valence-electron chi connectivity index (χ1n) is 5.58. The lowest BCUT2D eigenvalue weighted by Gasteiger charge is -1.97. The van der Waals surface area contributed by atoms with Crippen molar-refractivity contribution < 1.29 is 13.9 Å². The van der Waals surface area contributed by atoms with E-state index in [1.807, 2.05) is 0 Å². The Hall–Kier alpha value is -2.17. The van der Waals surface area contributed by atoms with Gasteiger partial charge < -0.3 is 4.74 Å². The lowest BCUT2D eigenvalue weighted by atomic mass is 10.1. The van der Waals surface area contributed by atoms with E-state index in [9.17, 15) is 9.18 Å². The van der Waals surface area contributed by atoms with Gasteiger partial charge in [0.15, 0.2) is 5.82 Å². The van der Waals surface area contributed by atoms with Crippen LogP contribution in [-0.4, -0.2) is 22.4 Å². The summed E-state index contributed by atoms with van der Waals surface area (Å²) in [6, 6.07) is 2.94. The highest BCUT2D eigenvalue weighted by Gasteiger charge is 2.08. The van der Waals surface area contributed by atoms with E-state index in [-0.39, 0.29) is 5.82 Å². The van der Waals surface area contributed by atoms with Crippen molar-refractivity contribution in [2.75, 3.05) is 6.61 Å². The van der Waals surface area contributed by atoms with Gasteiger partial charge >= 0.3 is 5.97 Å². The van der Waals surface area contributed by atoms with Gasteiger partial charge in [-0.05, 0) is 24.6 Å². The van der Waals surface area contributed by atoms with Crippen LogP contribution < -0.4 is 0 Å². The molecular formula is C13H13FN2O2. The normalized spacial score (nSPS) is 11.3. The number of hydrogen-bond acceptors (Lipinski definition) is 3. The van der Waals surface area contributed by atoms with Gasteiger partial charge in [0.25, 0.3) is 0 Å². The van der Waals surface area contributed by atoms with Gasteiger partial charge in [-0.2, -0.15) is 5.10 Å². The third-order valence-corrected chi connectivity index (χ3v) is 2.46. The first kappa shape index (κ1) is 12.3. The number of aromatic nitrogens is 2. The summed E-state index contributed by atoms with van der Waals surface area (Å²) in [6.45, 7) is 2.07. The Morgan fingerprint density at radius 2 is 2.33 bits per heavy atom. The van der Waals surface area contributed by atoms with Gasteiger partial charge in [-0.15, -0.1) is 0 Å². The molecule has 18 heavy (non-hydrogen) atoms. The summed E-state index contributed by atoms with van der Waals surface area (Å²) in [4.78, 5) is 11.2. The Labute approximate surface area is 104 Å². The lowest BCUT2D eigenvalue weighted by molar-refractivity contribution is -0.137. The van der Waals surface area contributed by atoms with Crippen molar-refractivity contribution in [3.05, 3.63) is 35.8 Å². The SMILES string of the molecule is CCOC(=O)/C=C\c1ccc(F)c2nn(C)cc12. The molecule has 5 heteroatoms. The quantitative estimate of drug-likeness (QED) is 0.618. The Bertz CT molecular complexity index is 617. The van der Waals surface area contributed by atoms with Crippen molar-refractivity contribution in [1.29, 1.82) is 0 Å². The number of hydrogen-bond donors (Lipinski definition) is 0. The van der Waals surface area contributed by atoms with Crippen LogP contribution >= 0.6 is 0 Å². The average Bonchev–Trinajstić information content (AvgIpc) is 2.71. The molecule has 0 radical (unpaired) electrons. The third kappa shape index (κ3) is 2.40. The maximum atomic E-state index is 13.5. The van der Waals surface area contributed by atoms with E-state index in [0.29, 0.717) is 17.5 Å². The van der Waals surface area contributed by atoms with Crippen LogP contribution in [0.2, 0.25) is 0 Å². The molecule has 2 aromatic rings. The number of aryl methyl sites for hydroxylation is 1. The standard InChI is InChI=1S/C13H13FN2O2/c1-3-18-12(17)7-5-9-4-6-11(14)13-10(9)8-16(2)15-13/h4-8H,3H2,1-2H3/b7-5-. The van der Waals surface area contributed by atoms with Crippen LogP contribution in [0.3, 0.4) is 0 Å². The highest BCUT2D eigenvalue weighted by molar-refractivity contribution is 5.93. The molecule has 0 atom stereocenters. The lowest BCUT2D eigenvalue weighted by Crippen LogP contribution is -1.98. The van der Waals surface area contributed by atoms with Crippen molar-refractivity contribution in [3.63, 3.8) is 0 Å². The Kier molecular flexibility index (Phi) is 3.41. The smallest absolute Gasteiger partial charge is 0.330 e. The fourth-order valence-electron chi connectivity index (χ4n) is 1.70. The molecule has 0 saturated heterocycles. The van der Waals surface area contributed by atoms with Crippen LogP contribution in [0.15, 0.2) is 24.4 Å². The first-order valence-corrected chi connectivity index (χ1v) is 5.58. The van der Waals surface area contributed by atoms with Gasteiger partial charge in [-0.3, -0.25) is 4.68 Å². The zero-order chi connectivity index (χ0) is 13.1. The van der Waals surface area contributed by atoms with Crippen LogP contribution in [0.4, 0.5) is 4.39 Å². The first-order chi connectivity index (χ1) is 8.61. The molecule has 0 N–H and O–H groups in total. The van der Waals surface area contributed by atoms with E-state index in [4.69, 9.17) is 4.74 Å². The summed E-state index contributed by atoms with van der Waals surface area (Å²) in [5, 5.41) is 4.69. The largest absolute Gasteiger partial charge is 0.463 e. The molecule has 1 aromatic heterocycles. The van der Waals surface area contributed by atoms with Crippen LogP contribution in [0, 0.1) is 5.82 Å². The molecule has 0 spiro atoms. The second kappa shape index (κ2) is 5.00. The molecule has 0 fully saturated rings. The van der Waals surface area contributed by atoms with E-state index in [0.717, 1.165) is 5.56 Å². The van der Waals surface area contributed by atoms with E-state index in [1.54, 1.807) is 32.3 Å². The van der Waals surface area contributed by atoms with Crippen molar-refractivity contribution in [2.24, 2.45) is 7.05 Å². The van der Waals surface area contributed by atoms with Crippen molar-refractivity contribution in [3.8, 4) is 0 Å². The molecule has 0 aliphatic heterocycles. The number of rotatable bonds is 3. The molecule has 0 aliphatic rings. The summed E-state index contributed by atoms with van der Waals surface area (Å²) >= 11 is 0. The van der Waals surface area contributed by atoms with Gasteiger partial charge in [0.1, 0.15) is 5.52 Å². The average molecular weight is 248 g/mol. The zero-order valence-corrected chi connectivity index (χ0v) is 10.2. The fourth-order valence-corrected chi connectivity index (χ4v) is 1.70. The van der Waals surface area contributed by atoms with E-state index < -0.39 is 5.97 Å². The minimum Gasteiger partial charge on any atom is -0.463 e. The summed E-state index contributed by atoms with van der Waals surface area (Å²) in [6.07, 6.45) is 4.63. The number of carbonyl (C=O) groups excluding carboxylic acids is 1. The molecule has 4 nitrogen and oxygen atoms in total. The van der Waals surface area contributed by atoms with Crippen LogP contribution in [0.25, 0.3) is 17.0 Å². The molecule has 94 valence electrons.